The maximum Gasteiger partial charge on any atom is 0.412 e. The third kappa shape index (κ3) is 7.74. The Morgan fingerprint density at radius 3 is 2.43 bits per heavy atom. The monoisotopic (exact) mass is 431 g/mol. The Morgan fingerprint density at radius 2 is 1.87 bits per heavy atom. The first-order valence-corrected chi connectivity index (χ1v) is 11.0. The zero-order valence-electron chi connectivity index (χ0n) is 18.7. The molecule has 30 heavy (non-hydrogen) atoms. The lowest BCUT2D eigenvalue weighted by atomic mass is 10.1. The van der Waals surface area contributed by atoms with E-state index in [9.17, 15) is 9.59 Å². The van der Waals surface area contributed by atoms with Crippen molar-refractivity contribution in [3.8, 4) is 0 Å². The fourth-order valence-corrected chi connectivity index (χ4v) is 3.42. The van der Waals surface area contributed by atoms with Crippen LogP contribution in [0.1, 0.15) is 54.0 Å². The summed E-state index contributed by atoms with van der Waals surface area (Å²) >= 11 is 1.68. The number of thioether (sulfide) groups is 1. The molecule has 0 saturated carbocycles. The highest BCUT2D eigenvalue weighted by molar-refractivity contribution is 7.99. The van der Waals surface area contributed by atoms with Crippen LogP contribution in [0.4, 0.5) is 10.5 Å². The number of rotatable bonds is 6. The van der Waals surface area contributed by atoms with Crippen LogP contribution in [0, 0.1) is 5.92 Å². The lowest BCUT2D eigenvalue weighted by molar-refractivity contribution is -0.114. The van der Waals surface area contributed by atoms with E-state index in [0.29, 0.717) is 22.9 Å². The molecular weight excluding hydrogens is 400 g/mol. The number of amides is 2. The van der Waals surface area contributed by atoms with E-state index in [1.54, 1.807) is 24.0 Å². The molecule has 7 nitrogen and oxygen atoms in total. The summed E-state index contributed by atoms with van der Waals surface area (Å²) in [5.41, 5.74) is 1.13. The summed E-state index contributed by atoms with van der Waals surface area (Å²) in [4.78, 5) is 29.8. The molecule has 0 aromatic heterocycles. The van der Waals surface area contributed by atoms with Gasteiger partial charge in [-0.2, -0.15) is 0 Å². The molecule has 8 heteroatoms. The summed E-state index contributed by atoms with van der Waals surface area (Å²) in [5.74, 6) is 1.25. The van der Waals surface area contributed by atoms with Gasteiger partial charge in [0.2, 0.25) is 0 Å². The summed E-state index contributed by atoms with van der Waals surface area (Å²) in [6, 6.07) is 5.69. The molecular formula is C22H31N4O3S. The molecule has 1 aliphatic rings. The smallest absolute Gasteiger partial charge is 0.412 e. The largest absolute Gasteiger partial charge is 0.444 e. The second-order valence-corrected chi connectivity index (χ2v) is 9.88. The third-order valence-electron chi connectivity index (χ3n) is 3.60. The van der Waals surface area contributed by atoms with Crippen LogP contribution in [-0.2, 0) is 9.53 Å². The van der Waals surface area contributed by atoms with Crippen molar-refractivity contribution >= 4 is 41.0 Å². The van der Waals surface area contributed by atoms with Crippen molar-refractivity contribution in [1.29, 1.82) is 0 Å². The minimum atomic E-state index is -0.598. The highest BCUT2D eigenvalue weighted by Crippen LogP contribution is 2.29. The van der Waals surface area contributed by atoms with Gasteiger partial charge in [0.15, 0.2) is 5.84 Å². The van der Waals surface area contributed by atoms with Crippen molar-refractivity contribution in [3.05, 3.63) is 30.0 Å². The van der Waals surface area contributed by atoms with Crippen LogP contribution in [0.15, 0.2) is 34.3 Å². The van der Waals surface area contributed by atoms with Crippen molar-refractivity contribution in [2.75, 3.05) is 11.1 Å². The van der Waals surface area contributed by atoms with Gasteiger partial charge in [-0.25, -0.2) is 15.1 Å². The topological polar surface area (TPSA) is 93.9 Å². The second-order valence-electron chi connectivity index (χ2n) is 8.79. The zero-order valence-corrected chi connectivity index (χ0v) is 19.5. The average molecular weight is 432 g/mol. The molecule has 1 aliphatic heterocycles. The second kappa shape index (κ2) is 10.0. The molecule has 0 atom stereocenters. The van der Waals surface area contributed by atoms with E-state index in [0.717, 1.165) is 10.6 Å². The number of nitrogens with zero attached hydrogens (tertiary/aromatic N) is 2. The van der Waals surface area contributed by atoms with Gasteiger partial charge < -0.3 is 10.1 Å². The predicted molar refractivity (Wildman–Crippen MR) is 123 cm³/mol. The van der Waals surface area contributed by atoms with Crippen molar-refractivity contribution in [2.45, 2.75) is 65.0 Å². The lowest BCUT2D eigenvalue weighted by Crippen LogP contribution is -2.41. The van der Waals surface area contributed by atoms with Crippen LogP contribution in [0.3, 0.4) is 0 Å². The van der Waals surface area contributed by atoms with E-state index < -0.39 is 17.6 Å². The quantitative estimate of drug-likeness (QED) is 0.641. The van der Waals surface area contributed by atoms with Gasteiger partial charge in [0, 0.05) is 27.9 Å². The number of benzene rings is 1. The number of ether oxygens (including phenoxy) is 1. The van der Waals surface area contributed by atoms with Crippen molar-refractivity contribution in [2.24, 2.45) is 10.9 Å². The number of nitrogens with one attached hydrogen (secondary N) is 2. The van der Waals surface area contributed by atoms with Gasteiger partial charge >= 0.3 is 12.0 Å². The number of hydrogen-bond donors (Lipinski definition) is 2. The highest BCUT2D eigenvalue weighted by Gasteiger charge is 2.22. The molecule has 0 unspecified atom stereocenters. The summed E-state index contributed by atoms with van der Waals surface area (Å²) in [5, 5.41) is 9.95. The molecule has 1 radical (unpaired) electrons. The first-order valence-electron chi connectivity index (χ1n) is 10.0. The van der Waals surface area contributed by atoms with Gasteiger partial charge in [-0.15, -0.1) is 11.8 Å². The molecule has 1 heterocycles. The molecule has 1 aromatic carbocycles. The molecule has 2 N–H and O–H groups in total. The van der Waals surface area contributed by atoms with Crippen LogP contribution >= 0.6 is 11.8 Å². The Bertz CT molecular complexity index is 854. The van der Waals surface area contributed by atoms with E-state index in [2.05, 4.69) is 34.8 Å². The fourth-order valence-electron chi connectivity index (χ4n) is 2.47. The van der Waals surface area contributed by atoms with Gasteiger partial charge in [-0.05, 0) is 58.7 Å². The van der Waals surface area contributed by atoms with Crippen molar-refractivity contribution < 1.29 is 14.3 Å². The standard InChI is InChI=1S/C22H31N4O3S/c1-13(2)12-30-17-9-15(8-16(10-17)25-21(28)29-22(5,6)7)18-11-23-19(20(27)26-18)24-14(3)4/h8-11,13-14H,12H2,1-7H3,(H,23,24)(H,25,28). The molecule has 163 valence electrons. The Kier molecular flexibility index (Phi) is 7.95. The molecule has 0 spiro atoms. The highest BCUT2D eigenvalue weighted by atomic mass is 32.2. The molecule has 0 fully saturated rings. The SMILES string of the molecule is CC(C)CSc1cc(NC(=O)OC(C)(C)C)cc(C2=CN=C(NC(C)C)C(=O)[N]2)c1. The van der Waals surface area contributed by atoms with Gasteiger partial charge in [-0.1, -0.05) is 13.8 Å². The predicted octanol–water partition coefficient (Wildman–Crippen LogP) is 4.62. The minimum Gasteiger partial charge on any atom is -0.444 e. The van der Waals surface area contributed by atoms with Crippen molar-refractivity contribution in [1.82, 2.24) is 10.6 Å². The molecule has 2 amide bonds. The molecule has 0 bridgehead atoms. The average Bonchev–Trinajstić information content (AvgIpc) is 2.59. The maximum absolute atomic E-state index is 12.3. The van der Waals surface area contributed by atoms with E-state index in [1.165, 1.54) is 0 Å². The Morgan fingerprint density at radius 1 is 1.17 bits per heavy atom. The fraction of sp³-hybridized carbons (Fsp3) is 0.500. The Hall–Kier alpha value is -2.48. The normalized spacial score (nSPS) is 14.2. The number of hydrogen-bond acceptors (Lipinski definition) is 6. The molecule has 2 rings (SSSR count). The summed E-state index contributed by atoms with van der Waals surface area (Å²) in [7, 11) is 0. The minimum absolute atomic E-state index is 0.0817. The molecule has 0 saturated heterocycles. The van der Waals surface area contributed by atoms with E-state index in [1.807, 2.05) is 46.8 Å². The number of carbonyl (C=O) groups is 2. The number of carbonyl (C=O) groups excluding carboxylic acids is 2. The van der Waals surface area contributed by atoms with Crippen LogP contribution in [-0.4, -0.2) is 35.2 Å². The van der Waals surface area contributed by atoms with Crippen LogP contribution < -0.4 is 16.0 Å². The number of anilines is 1. The Balaban J connectivity index is 2.32. The summed E-state index contributed by atoms with van der Waals surface area (Å²) < 4.78 is 5.35. The summed E-state index contributed by atoms with van der Waals surface area (Å²) in [6.45, 7) is 13.6. The van der Waals surface area contributed by atoms with Crippen LogP contribution in [0.2, 0.25) is 0 Å². The Labute approximate surface area is 183 Å². The van der Waals surface area contributed by atoms with Gasteiger partial charge in [0.25, 0.3) is 0 Å². The maximum atomic E-state index is 12.3. The lowest BCUT2D eigenvalue weighted by Gasteiger charge is -2.20. The van der Waals surface area contributed by atoms with E-state index in [4.69, 9.17) is 4.74 Å². The van der Waals surface area contributed by atoms with E-state index in [-0.39, 0.29) is 11.9 Å². The first kappa shape index (κ1) is 23.8. The summed E-state index contributed by atoms with van der Waals surface area (Å²) in [6.07, 6.45) is 1.03. The van der Waals surface area contributed by atoms with Gasteiger partial charge in [-0.3, -0.25) is 10.1 Å². The van der Waals surface area contributed by atoms with Crippen LogP contribution in [0.5, 0.6) is 0 Å². The number of amidine groups is 1. The molecule has 0 aliphatic carbocycles. The van der Waals surface area contributed by atoms with Gasteiger partial charge in [0.05, 0.1) is 11.9 Å². The third-order valence-corrected chi connectivity index (χ3v) is 5.00. The first-order chi connectivity index (χ1) is 13.9. The molecule has 1 aromatic rings. The number of aliphatic imine (C=N–C) groups is 1. The van der Waals surface area contributed by atoms with E-state index >= 15 is 0 Å². The van der Waals surface area contributed by atoms with Gasteiger partial charge in [0.1, 0.15) is 5.60 Å². The zero-order chi connectivity index (χ0) is 22.5. The van der Waals surface area contributed by atoms with Crippen molar-refractivity contribution in [3.63, 3.8) is 0 Å². The van der Waals surface area contributed by atoms with Crippen LogP contribution in [0.25, 0.3) is 5.70 Å².